The van der Waals surface area contributed by atoms with Crippen LogP contribution < -0.4 is 13.8 Å². The van der Waals surface area contributed by atoms with E-state index in [-0.39, 0.29) is 34.0 Å². The molecule has 0 aliphatic rings. The van der Waals surface area contributed by atoms with E-state index in [9.17, 15) is 17.6 Å². The number of hydrogen-bond donors (Lipinski definition) is 1. The van der Waals surface area contributed by atoms with Gasteiger partial charge in [0.2, 0.25) is 11.9 Å². The summed E-state index contributed by atoms with van der Waals surface area (Å²) >= 11 is 12.1. The van der Waals surface area contributed by atoms with Gasteiger partial charge in [-0.15, -0.1) is 5.10 Å². The van der Waals surface area contributed by atoms with Gasteiger partial charge in [0, 0.05) is 13.0 Å². The number of hydrogen-bond acceptors (Lipinski definition) is 7. The van der Waals surface area contributed by atoms with E-state index in [0.29, 0.717) is 4.31 Å². The summed E-state index contributed by atoms with van der Waals surface area (Å²) in [5, 5.41) is 3.77. The average molecular weight is 463 g/mol. The van der Waals surface area contributed by atoms with E-state index in [4.69, 9.17) is 27.9 Å². The second-order valence-corrected chi connectivity index (χ2v) is 7.79. The number of amides is 1. The minimum atomic E-state index is -4.58. The summed E-state index contributed by atoms with van der Waals surface area (Å²) in [6.07, 6.45) is 0. The number of halogens is 3. The summed E-state index contributed by atoms with van der Waals surface area (Å²) in [4.78, 5) is 19.5. The van der Waals surface area contributed by atoms with Crippen LogP contribution in [0.4, 0.5) is 16.0 Å². The molecule has 1 amide bonds. The Morgan fingerprint density at radius 2 is 1.97 bits per heavy atom. The molecule has 3 rings (SSSR count). The zero-order valence-electron chi connectivity index (χ0n) is 14.9. The molecule has 154 valence electrons. The number of carbonyl (C=O) groups is 1. The summed E-state index contributed by atoms with van der Waals surface area (Å²) < 4.78 is 47.9. The molecule has 10 nitrogen and oxygen atoms in total. The van der Waals surface area contributed by atoms with E-state index >= 15 is 0 Å². The van der Waals surface area contributed by atoms with Crippen molar-refractivity contribution in [3.8, 4) is 6.01 Å². The van der Waals surface area contributed by atoms with E-state index in [2.05, 4.69) is 15.1 Å². The highest BCUT2D eigenvalue weighted by Crippen LogP contribution is 2.35. The Hall–Kier alpha value is -2.70. The van der Waals surface area contributed by atoms with Crippen molar-refractivity contribution in [2.24, 2.45) is 0 Å². The van der Waals surface area contributed by atoms with Crippen molar-refractivity contribution in [2.75, 3.05) is 15.6 Å². The number of anilines is 2. The smallest absolute Gasteiger partial charge is 0.333 e. The van der Waals surface area contributed by atoms with Crippen LogP contribution in [0, 0.1) is 5.95 Å². The van der Waals surface area contributed by atoms with Crippen LogP contribution in [0.2, 0.25) is 10.0 Å². The van der Waals surface area contributed by atoms with E-state index in [1.807, 2.05) is 4.72 Å². The standard InChI is InChI=1S/C15H13Cl2FN6O4S/c1-3-28-15-19-11(18)7-12-20-14(21-23(12)15)22-29(26,27)24(8(2)25)13-9(16)5-4-6-10(13)17/h4-7H,3H2,1-2H3,(H,21,22). The minimum Gasteiger partial charge on any atom is -0.464 e. The molecule has 0 fully saturated rings. The lowest BCUT2D eigenvalue weighted by Crippen LogP contribution is -2.40. The van der Waals surface area contributed by atoms with E-state index in [1.54, 1.807) is 6.92 Å². The molecule has 0 radical (unpaired) electrons. The van der Waals surface area contributed by atoms with Gasteiger partial charge < -0.3 is 4.74 Å². The molecular formula is C15H13Cl2FN6O4S. The Morgan fingerprint density at radius 1 is 1.31 bits per heavy atom. The third kappa shape index (κ3) is 4.18. The largest absolute Gasteiger partial charge is 0.464 e. The van der Waals surface area contributed by atoms with Crippen molar-refractivity contribution in [2.45, 2.75) is 13.8 Å². The number of nitrogens with zero attached hydrogens (tertiary/aromatic N) is 5. The number of aromatic nitrogens is 4. The first-order valence-electron chi connectivity index (χ1n) is 7.97. The number of fused-ring (bicyclic) bond motifs is 1. The second-order valence-electron chi connectivity index (χ2n) is 5.46. The Labute approximate surface area is 174 Å². The molecule has 3 aromatic rings. The van der Waals surface area contributed by atoms with Gasteiger partial charge in [-0.3, -0.25) is 4.79 Å². The summed E-state index contributed by atoms with van der Waals surface area (Å²) in [6, 6.07) is 4.95. The first-order chi connectivity index (χ1) is 13.6. The zero-order chi connectivity index (χ0) is 21.3. The maximum atomic E-state index is 13.6. The van der Waals surface area contributed by atoms with Crippen molar-refractivity contribution in [3.63, 3.8) is 0 Å². The van der Waals surface area contributed by atoms with Gasteiger partial charge in [-0.05, 0) is 19.1 Å². The summed E-state index contributed by atoms with van der Waals surface area (Å²) in [7, 11) is -4.58. The van der Waals surface area contributed by atoms with Crippen LogP contribution >= 0.6 is 23.2 Å². The quantitative estimate of drug-likeness (QED) is 0.559. The van der Waals surface area contributed by atoms with Gasteiger partial charge in [0.05, 0.1) is 22.3 Å². The molecule has 0 saturated heterocycles. The van der Waals surface area contributed by atoms with Crippen molar-refractivity contribution < 1.29 is 22.3 Å². The Balaban J connectivity index is 2.05. The van der Waals surface area contributed by atoms with Crippen LogP contribution in [0.15, 0.2) is 24.3 Å². The molecule has 1 N–H and O–H groups in total. The fraction of sp³-hybridized carbons (Fsp3) is 0.200. The summed E-state index contributed by atoms with van der Waals surface area (Å²) in [6.45, 7) is 2.83. The SMILES string of the molecule is CCOc1nc(F)cc2nc(NS(=O)(=O)N(C(C)=O)c3c(Cl)cccc3Cl)nn12. The molecular weight excluding hydrogens is 450 g/mol. The van der Waals surface area contributed by atoms with Crippen molar-refractivity contribution in [3.05, 3.63) is 40.3 Å². The molecule has 2 aromatic heterocycles. The second kappa shape index (κ2) is 7.97. The number of rotatable bonds is 6. The topological polar surface area (TPSA) is 119 Å². The molecule has 0 aliphatic carbocycles. The Morgan fingerprint density at radius 3 is 2.55 bits per heavy atom. The van der Waals surface area contributed by atoms with Crippen molar-refractivity contribution in [1.82, 2.24) is 19.6 Å². The lowest BCUT2D eigenvalue weighted by Gasteiger charge is -2.22. The summed E-state index contributed by atoms with van der Waals surface area (Å²) in [5.41, 5.74) is -0.300. The van der Waals surface area contributed by atoms with Crippen LogP contribution in [-0.2, 0) is 15.0 Å². The molecule has 0 atom stereocenters. The molecule has 14 heteroatoms. The van der Waals surface area contributed by atoms with E-state index in [1.165, 1.54) is 18.2 Å². The fourth-order valence-corrected chi connectivity index (χ4v) is 4.24. The Bertz CT molecular complexity index is 1180. The summed E-state index contributed by atoms with van der Waals surface area (Å²) in [5.74, 6) is -2.23. The molecule has 0 spiro atoms. The first kappa shape index (κ1) is 21.0. The zero-order valence-corrected chi connectivity index (χ0v) is 17.3. The number of para-hydroxylation sites is 1. The van der Waals surface area contributed by atoms with E-state index < -0.39 is 28.0 Å². The monoisotopic (exact) mass is 462 g/mol. The highest BCUT2D eigenvalue weighted by molar-refractivity contribution is 7.94. The van der Waals surface area contributed by atoms with Crippen LogP contribution in [-0.4, -0.2) is 40.5 Å². The van der Waals surface area contributed by atoms with Crippen LogP contribution in [0.25, 0.3) is 5.65 Å². The lowest BCUT2D eigenvalue weighted by molar-refractivity contribution is -0.115. The lowest BCUT2D eigenvalue weighted by atomic mass is 10.3. The van der Waals surface area contributed by atoms with Gasteiger partial charge in [-0.1, -0.05) is 29.3 Å². The van der Waals surface area contributed by atoms with Crippen LogP contribution in [0.1, 0.15) is 13.8 Å². The molecule has 0 unspecified atom stereocenters. The van der Waals surface area contributed by atoms with Gasteiger partial charge in [-0.2, -0.15) is 31.6 Å². The molecule has 1 aromatic carbocycles. The van der Waals surface area contributed by atoms with Crippen LogP contribution in [0.3, 0.4) is 0 Å². The highest BCUT2D eigenvalue weighted by atomic mass is 35.5. The maximum Gasteiger partial charge on any atom is 0.333 e. The number of ether oxygens (including phenoxy) is 1. The first-order valence-corrected chi connectivity index (χ1v) is 10.2. The average Bonchev–Trinajstić information content (AvgIpc) is 2.99. The van der Waals surface area contributed by atoms with Gasteiger partial charge in [0.1, 0.15) is 0 Å². The number of benzene rings is 1. The van der Waals surface area contributed by atoms with Crippen molar-refractivity contribution in [1.29, 1.82) is 0 Å². The molecule has 29 heavy (non-hydrogen) atoms. The molecule has 2 heterocycles. The van der Waals surface area contributed by atoms with Gasteiger partial charge in [-0.25, -0.2) is 4.72 Å². The molecule has 0 bridgehead atoms. The third-order valence-corrected chi connectivity index (χ3v) is 5.40. The van der Waals surface area contributed by atoms with Crippen LogP contribution in [0.5, 0.6) is 6.01 Å². The predicted octanol–water partition coefficient (Wildman–Crippen LogP) is 2.68. The predicted molar refractivity (Wildman–Crippen MR) is 104 cm³/mol. The van der Waals surface area contributed by atoms with Gasteiger partial charge in [0.15, 0.2) is 5.65 Å². The normalized spacial score (nSPS) is 11.5. The van der Waals surface area contributed by atoms with Crippen molar-refractivity contribution >= 4 is 56.6 Å². The number of carbonyl (C=O) groups excluding carboxylic acids is 1. The minimum absolute atomic E-state index is 0.0639. The van der Waals surface area contributed by atoms with Gasteiger partial charge in [0.25, 0.3) is 5.95 Å². The highest BCUT2D eigenvalue weighted by Gasteiger charge is 2.31. The van der Waals surface area contributed by atoms with E-state index in [0.717, 1.165) is 17.5 Å². The van der Waals surface area contributed by atoms with Gasteiger partial charge >= 0.3 is 16.2 Å². The number of nitrogens with one attached hydrogen (secondary N) is 1. The maximum absolute atomic E-state index is 13.6. The molecule has 0 saturated carbocycles. The fourth-order valence-electron chi connectivity index (χ4n) is 2.39. The Kier molecular flexibility index (Phi) is 5.78. The molecule has 0 aliphatic heterocycles. The third-order valence-electron chi connectivity index (χ3n) is 3.42.